The first-order valence-corrected chi connectivity index (χ1v) is 4.67. The molecule has 17 heavy (non-hydrogen) atoms. The molecule has 7 heteroatoms. The summed E-state index contributed by atoms with van der Waals surface area (Å²) in [6.07, 6.45) is -1.58. The van der Waals surface area contributed by atoms with E-state index < -0.39 is 40.9 Å². The number of nitro benzene ring substituents is 1. The molecule has 0 heterocycles. The maximum absolute atomic E-state index is 13.5. The zero-order valence-corrected chi connectivity index (χ0v) is 8.60. The highest BCUT2D eigenvalue weighted by atomic mass is 19.3. The van der Waals surface area contributed by atoms with Gasteiger partial charge in [-0.1, -0.05) is 12.1 Å². The zero-order chi connectivity index (χ0) is 13.1. The fourth-order valence-corrected chi connectivity index (χ4v) is 1.26. The van der Waals surface area contributed by atoms with Crippen LogP contribution in [0.15, 0.2) is 24.3 Å². The van der Waals surface area contributed by atoms with Crippen molar-refractivity contribution in [2.45, 2.75) is 18.8 Å². The van der Waals surface area contributed by atoms with Gasteiger partial charge in [0.2, 0.25) is 0 Å². The zero-order valence-electron chi connectivity index (χ0n) is 8.60. The average Bonchev–Trinajstić information content (AvgIpc) is 2.27. The number of nitrogens with zero attached hydrogens (tertiary/aromatic N) is 1. The Morgan fingerprint density at radius 1 is 1.47 bits per heavy atom. The van der Waals surface area contributed by atoms with Crippen molar-refractivity contribution >= 4 is 11.7 Å². The minimum atomic E-state index is -3.38. The molecule has 0 saturated heterocycles. The van der Waals surface area contributed by atoms with Crippen molar-refractivity contribution < 1.29 is 23.6 Å². The minimum Gasteiger partial charge on any atom is -0.481 e. The van der Waals surface area contributed by atoms with Crippen molar-refractivity contribution in [3.05, 3.63) is 39.9 Å². The van der Waals surface area contributed by atoms with E-state index in [1.807, 2.05) is 0 Å². The van der Waals surface area contributed by atoms with Gasteiger partial charge in [0.05, 0.1) is 11.3 Å². The summed E-state index contributed by atoms with van der Waals surface area (Å²) in [4.78, 5) is 19.8. The van der Waals surface area contributed by atoms with Crippen LogP contribution in [-0.2, 0) is 10.7 Å². The Morgan fingerprint density at radius 2 is 2.12 bits per heavy atom. The largest absolute Gasteiger partial charge is 0.481 e. The van der Waals surface area contributed by atoms with Crippen LogP contribution in [0.25, 0.3) is 0 Å². The molecule has 0 atom stereocenters. The molecule has 1 N–H and O–H groups in total. The number of rotatable bonds is 5. The summed E-state index contributed by atoms with van der Waals surface area (Å²) < 4.78 is 26.9. The van der Waals surface area contributed by atoms with Crippen molar-refractivity contribution in [2.75, 3.05) is 0 Å². The second-order valence-electron chi connectivity index (χ2n) is 3.41. The molecule has 0 saturated carbocycles. The highest BCUT2D eigenvalue weighted by Crippen LogP contribution is 2.34. The molecule has 0 radical (unpaired) electrons. The highest BCUT2D eigenvalue weighted by Gasteiger charge is 2.33. The molecule has 0 aliphatic heterocycles. The second-order valence-corrected chi connectivity index (χ2v) is 3.41. The lowest BCUT2D eigenvalue weighted by molar-refractivity contribution is -0.385. The van der Waals surface area contributed by atoms with Crippen LogP contribution in [0.1, 0.15) is 18.4 Å². The summed E-state index contributed by atoms with van der Waals surface area (Å²) >= 11 is 0. The van der Waals surface area contributed by atoms with Crippen LogP contribution in [0.4, 0.5) is 14.5 Å². The third-order valence-electron chi connectivity index (χ3n) is 2.13. The quantitative estimate of drug-likeness (QED) is 0.638. The molecule has 1 aromatic carbocycles. The molecule has 0 aliphatic carbocycles. The lowest BCUT2D eigenvalue weighted by Gasteiger charge is -2.15. The molecular weight excluding hydrogens is 236 g/mol. The Labute approximate surface area is 94.8 Å². The van der Waals surface area contributed by atoms with Crippen molar-refractivity contribution in [3.8, 4) is 0 Å². The number of alkyl halides is 2. The number of halogens is 2. The van der Waals surface area contributed by atoms with Crippen LogP contribution >= 0.6 is 0 Å². The lowest BCUT2D eigenvalue weighted by Crippen LogP contribution is -2.15. The van der Waals surface area contributed by atoms with Crippen LogP contribution < -0.4 is 0 Å². The number of non-ortho nitro benzene ring substituents is 1. The third-order valence-corrected chi connectivity index (χ3v) is 2.13. The fourth-order valence-electron chi connectivity index (χ4n) is 1.26. The monoisotopic (exact) mass is 245 g/mol. The first kappa shape index (κ1) is 13.0. The van der Waals surface area contributed by atoms with E-state index in [-0.39, 0.29) is 0 Å². The molecule has 1 aromatic rings. The van der Waals surface area contributed by atoms with Crippen molar-refractivity contribution in [1.82, 2.24) is 0 Å². The van der Waals surface area contributed by atoms with E-state index in [1.54, 1.807) is 0 Å². The maximum atomic E-state index is 13.5. The van der Waals surface area contributed by atoms with Gasteiger partial charge in [-0.05, 0) is 0 Å². The van der Waals surface area contributed by atoms with E-state index in [0.29, 0.717) is 0 Å². The molecule has 0 bridgehead atoms. The molecular formula is C10H9F2NO4. The van der Waals surface area contributed by atoms with Crippen LogP contribution in [-0.4, -0.2) is 16.0 Å². The third kappa shape index (κ3) is 3.47. The smallest absolute Gasteiger partial charge is 0.303 e. The molecule has 0 aliphatic rings. The first-order valence-electron chi connectivity index (χ1n) is 4.67. The van der Waals surface area contributed by atoms with E-state index in [1.165, 1.54) is 0 Å². The Balaban J connectivity index is 2.93. The number of carboxylic acid groups (broad SMARTS) is 1. The summed E-state index contributed by atoms with van der Waals surface area (Å²) in [6, 6.07) is 4.02. The molecule has 1 rings (SSSR count). The van der Waals surface area contributed by atoms with Gasteiger partial charge in [-0.25, -0.2) is 8.78 Å². The standard InChI is InChI=1S/C10H9F2NO4/c11-10(12,5-4-9(14)15)7-2-1-3-8(6-7)13(16)17/h1-3,6H,4-5H2,(H,14,15). The number of benzene rings is 1. The van der Waals surface area contributed by atoms with Crippen molar-refractivity contribution in [3.63, 3.8) is 0 Å². The van der Waals surface area contributed by atoms with E-state index in [9.17, 15) is 23.7 Å². The number of aliphatic carboxylic acids is 1. The summed E-state index contributed by atoms with van der Waals surface area (Å²) in [5.74, 6) is -4.72. The summed E-state index contributed by atoms with van der Waals surface area (Å²) in [5.41, 5.74) is -0.995. The van der Waals surface area contributed by atoms with Crippen LogP contribution in [0.5, 0.6) is 0 Å². The normalized spacial score (nSPS) is 11.2. The maximum Gasteiger partial charge on any atom is 0.303 e. The van der Waals surface area contributed by atoms with Crippen LogP contribution in [0.2, 0.25) is 0 Å². The van der Waals surface area contributed by atoms with Gasteiger partial charge in [-0.2, -0.15) is 0 Å². The minimum absolute atomic E-state index is 0.447. The van der Waals surface area contributed by atoms with Gasteiger partial charge in [0.1, 0.15) is 0 Å². The molecule has 92 valence electrons. The molecule has 0 unspecified atom stereocenters. The van der Waals surface area contributed by atoms with Gasteiger partial charge in [-0.15, -0.1) is 0 Å². The Hall–Kier alpha value is -2.05. The molecule has 5 nitrogen and oxygen atoms in total. The van der Waals surface area contributed by atoms with Crippen LogP contribution in [0, 0.1) is 10.1 Å². The van der Waals surface area contributed by atoms with E-state index >= 15 is 0 Å². The fraction of sp³-hybridized carbons (Fsp3) is 0.300. The number of carbonyl (C=O) groups is 1. The summed E-state index contributed by atoms with van der Waals surface area (Å²) in [6.45, 7) is 0. The lowest BCUT2D eigenvalue weighted by atomic mass is 10.0. The van der Waals surface area contributed by atoms with Crippen LogP contribution in [0.3, 0.4) is 0 Å². The number of carboxylic acids is 1. The Kier molecular flexibility index (Phi) is 3.72. The molecule has 0 fully saturated rings. The van der Waals surface area contributed by atoms with Gasteiger partial charge >= 0.3 is 5.97 Å². The van der Waals surface area contributed by atoms with Gasteiger partial charge in [0.15, 0.2) is 0 Å². The Bertz CT molecular complexity index is 448. The number of hydrogen-bond donors (Lipinski definition) is 1. The van der Waals surface area contributed by atoms with E-state index in [4.69, 9.17) is 5.11 Å². The van der Waals surface area contributed by atoms with E-state index in [2.05, 4.69) is 0 Å². The van der Waals surface area contributed by atoms with Gasteiger partial charge in [0.25, 0.3) is 11.6 Å². The van der Waals surface area contributed by atoms with Crippen molar-refractivity contribution in [1.29, 1.82) is 0 Å². The summed E-state index contributed by atoms with van der Waals surface area (Å²) in [7, 11) is 0. The molecule has 0 amide bonds. The average molecular weight is 245 g/mol. The molecule has 0 aromatic heterocycles. The number of hydrogen-bond acceptors (Lipinski definition) is 3. The Morgan fingerprint density at radius 3 is 2.65 bits per heavy atom. The SMILES string of the molecule is O=C(O)CCC(F)(F)c1cccc([N+](=O)[O-])c1. The topological polar surface area (TPSA) is 80.4 Å². The van der Waals surface area contributed by atoms with Crippen molar-refractivity contribution in [2.24, 2.45) is 0 Å². The summed E-state index contributed by atoms with van der Waals surface area (Å²) in [5, 5.41) is 18.7. The van der Waals surface area contributed by atoms with Gasteiger partial charge in [0, 0.05) is 24.1 Å². The first-order chi connectivity index (χ1) is 7.83. The second kappa shape index (κ2) is 4.86. The van der Waals surface area contributed by atoms with Gasteiger partial charge in [-0.3, -0.25) is 14.9 Å². The predicted octanol–water partition coefficient (Wildman–Crippen LogP) is 2.55. The highest BCUT2D eigenvalue weighted by molar-refractivity contribution is 5.66. The predicted molar refractivity (Wildman–Crippen MR) is 53.9 cm³/mol. The van der Waals surface area contributed by atoms with E-state index in [0.717, 1.165) is 24.3 Å². The number of nitro groups is 1. The molecule has 0 spiro atoms. The van der Waals surface area contributed by atoms with Gasteiger partial charge < -0.3 is 5.11 Å².